The number of piperazine rings is 1. The third kappa shape index (κ3) is 4.78. The van der Waals surface area contributed by atoms with Gasteiger partial charge in [-0.15, -0.1) is 0 Å². The second-order valence-corrected chi connectivity index (χ2v) is 9.39. The van der Waals surface area contributed by atoms with Gasteiger partial charge in [-0.3, -0.25) is 14.6 Å². The first-order valence-corrected chi connectivity index (χ1v) is 12.1. The minimum atomic E-state index is -0.844. The summed E-state index contributed by atoms with van der Waals surface area (Å²) in [5, 5.41) is 2.85. The molecule has 1 fully saturated rings. The lowest BCUT2D eigenvalue weighted by molar-refractivity contribution is -0.128. The summed E-state index contributed by atoms with van der Waals surface area (Å²) in [5.74, 6) is -0.0577. The summed E-state index contributed by atoms with van der Waals surface area (Å²) >= 11 is 0. The van der Waals surface area contributed by atoms with E-state index in [4.69, 9.17) is 5.73 Å². The molecular weight excluding hydrogens is 420 g/mol. The zero-order chi connectivity index (χ0) is 24.1. The van der Waals surface area contributed by atoms with Crippen LogP contribution in [0.15, 0.2) is 84.9 Å². The number of hydrogen-bond acceptors (Lipinski definition) is 4. The Hall–Kier alpha value is -2.99. The Bertz CT molecular complexity index is 1020. The molecule has 4 rings (SSSR count). The standard InChI is InChI=1S/C29H36N4O/c1-22-14-16-25(17-15-22)29(2,28(34)31-3)27(30)33-20-18-32(19-21-33)26(23-10-6-4-7-11-23)24-12-8-5-9-13-24/h4-17,26-27H,18-21,30H2,1-3H3,(H,31,34). The molecule has 0 aliphatic carbocycles. The van der Waals surface area contributed by atoms with Crippen LogP contribution >= 0.6 is 0 Å². The molecular formula is C29H36N4O. The Labute approximate surface area is 203 Å². The Kier molecular flexibility index (Phi) is 7.47. The molecule has 3 aromatic carbocycles. The lowest BCUT2D eigenvalue weighted by Crippen LogP contribution is -2.64. The summed E-state index contributed by atoms with van der Waals surface area (Å²) in [6.45, 7) is 7.37. The first-order chi connectivity index (χ1) is 16.4. The summed E-state index contributed by atoms with van der Waals surface area (Å²) in [6, 6.07) is 29.7. The van der Waals surface area contributed by atoms with Crippen LogP contribution in [-0.4, -0.2) is 55.1 Å². The van der Waals surface area contributed by atoms with E-state index in [0.29, 0.717) is 0 Å². The monoisotopic (exact) mass is 456 g/mol. The van der Waals surface area contributed by atoms with Crippen molar-refractivity contribution in [3.05, 3.63) is 107 Å². The van der Waals surface area contributed by atoms with E-state index in [1.54, 1.807) is 7.05 Å². The molecule has 3 N–H and O–H groups in total. The predicted octanol–water partition coefficient (Wildman–Crippen LogP) is 3.69. The number of likely N-dealkylation sites (N-methyl/N-ethyl adjacent to an activating group) is 1. The van der Waals surface area contributed by atoms with Crippen molar-refractivity contribution in [2.45, 2.75) is 31.5 Å². The minimum Gasteiger partial charge on any atom is -0.358 e. The summed E-state index contributed by atoms with van der Waals surface area (Å²) in [6.07, 6.45) is -0.427. The lowest BCUT2D eigenvalue weighted by Gasteiger charge is -2.46. The molecule has 0 aromatic heterocycles. The van der Waals surface area contributed by atoms with E-state index >= 15 is 0 Å². The second kappa shape index (κ2) is 10.5. The maximum atomic E-state index is 13.1. The fourth-order valence-corrected chi connectivity index (χ4v) is 5.12. The van der Waals surface area contributed by atoms with Crippen LogP contribution in [0, 0.1) is 6.92 Å². The summed E-state index contributed by atoms with van der Waals surface area (Å²) in [7, 11) is 1.68. The topological polar surface area (TPSA) is 61.6 Å². The Morgan fingerprint density at radius 1 is 0.824 bits per heavy atom. The normalized spacial score (nSPS) is 17.8. The van der Waals surface area contributed by atoms with Gasteiger partial charge in [0.05, 0.1) is 17.6 Å². The number of aryl methyl sites for hydroxylation is 1. The molecule has 1 heterocycles. The van der Waals surface area contributed by atoms with Crippen LogP contribution in [0.3, 0.4) is 0 Å². The molecule has 0 bridgehead atoms. The fraction of sp³-hybridized carbons (Fsp3) is 0.345. The van der Waals surface area contributed by atoms with Crippen molar-refractivity contribution in [1.82, 2.24) is 15.1 Å². The molecule has 1 aliphatic rings. The van der Waals surface area contributed by atoms with Crippen molar-refractivity contribution in [3.8, 4) is 0 Å². The molecule has 5 nitrogen and oxygen atoms in total. The van der Waals surface area contributed by atoms with Crippen LogP contribution < -0.4 is 11.1 Å². The van der Waals surface area contributed by atoms with Crippen LogP contribution in [0.5, 0.6) is 0 Å². The maximum absolute atomic E-state index is 13.1. The molecule has 1 aliphatic heterocycles. The van der Waals surface area contributed by atoms with Crippen LogP contribution in [-0.2, 0) is 10.2 Å². The molecule has 1 amide bonds. The Morgan fingerprint density at radius 2 is 1.29 bits per heavy atom. The maximum Gasteiger partial charge on any atom is 0.233 e. The van der Waals surface area contributed by atoms with Gasteiger partial charge in [-0.25, -0.2) is 0 Å². The van der Waals surface area contributed by atoms with Gasteiger partial charge >= 0.3 is 0 Å². The number of rotatable bonds is 7. The highest BCUT2D eigenvalue weighted by molar-refractivity contribution is 5.88. The average Bonchev–Trinajstić information content (AvgIpc) is 2.89. The van der Waals surface area contributed by atoms with Crippen molar-refractivity contribution < 1.29 is 4.79 Å². The third-order valence-corrected chi connectivity index (χ3v) is 7.28. The van der Waals surface area contributed by atoms with Gasteiger partial charge in [0.25, 0.3) is 0 Å². The molecule has 2 unspecified atom stereocenters. The third-order valence-electron chi connectivity index (χ3n) is 7.28. The zero-order valence-corrected chi connectivity index (χ0v) is 20.4. The van der Waals surface area contributed by atoms with E-state index in [9.17, 15) is 4.79 Å². The van der Waals surface area contributed by atoms with E-state index < -0.39 is 11.6 Å². The Morgan fingerprint density at radius 3 is 1.76 bits per heavy atom. The van der Waals surface area contributed by atoms with Gasteiger partial charge in [0.1, 0.15) is 0 Å². The van der Waals surface area contributed by atoms with E-state index in [0.717, 1.165) is 37.3 Å². The smallest absolute Gasteiger partial charge is 0.233 e. The first kappa shape index (κ1) is 24.1. The minimum absolute atomic E-state index is 0.0577. The predicted molar refractivity (Wildman–Crippen MR) is 138 cm³/mol. The van der Waals surface area contributed by atoms with Gasteiger partial charge in [-0.1, -0.05) is 90.5 Å². The van der Waals surface area contributed by atoms with Crippen LogP contribution in [0.1, 0.15) is 35.2 Å². The van der Waals surface area contributed by atoms with Gasteiger partial charge in [0, 0.05) is 33.2 Å². The molecule has 0 radical (unpaired) electrons. The van der Waals surface area contributed by atoms with Gasteiger partial charge < -0.3 is 11.1 Å². The van der Waals surface area contributed by atoms with Crippen molar-refractivity contribution >= 4 is 5.91 Å². The lowest BCUT2D eigenvalue weighted by atomic mass is 9.77. The average molecular weight is 457 g/mol. The van der Waals surface area contributed by atoms with Crippen LogP contribution in [0.25, 0.3) is 0 Å². The quantitative estimate of drug-likeness (QED) is 0.569. The number of nitrogens with one attached hydrogen (secondary N) is 1. The van der Waals surface area contributed by atoms with Gasteiger partial charge in [-0.05, 0) is 30.5 Å². The number of amides is 1. The van der Waals surface area contributed by atoms with Gasteiger partial charge in [0.2, 0.25) is 5.91 Å². The molecule has 0 saturated carbocycles. The van der Waals surface area contributed by atoms with Crippen molar-refractivity contribution in [2.75, 3.05) is 33.2 Å². The first-order valence-electron chi connectivity index (χ1n) is 12.1. The second-order valence-electron chi connectivity index (χ2n) is 9.39. The summed E-state index contributed by atoms with van der Waals surface area (Å²) in [4.78, 5) is 17.9. The zero-order valence-electron chi connectivity index (χ0n) is 20.4. The molecule has 2 atom stereocenters. The number of carbonyl (C=O) groups excluding carboxylic acids is 1. The number of nitrogens with zero attached hydrogens (tertiary/aromatic N) is 2. The van der Waals surface area contributed by atoms with Crippen molar-refractivity contribution in [1.29, 1.82) is 0 Å². The number of hydrogen-bond donors (Lipinski definition) is 2. The molecule has 34 heavy (non-hydrogen) atoms. The van der Waals surface area contributed by atoms with Crippen molar-refractivity contribution in [2.24, 2.45) is 5.73 Å². The van der Waals surface area contributed by atoms with Gasteiger partial charge in [0.15, 0.2) is 0 Å². The highest BCUT2D eigenvalue weighted by Crippen LogP contribution is 2.33. The van der Waals surface area contributed by atoms with Crippen LogP contribution in [0.2, 0.25) is 0 Å². The number of nitrogens with two attached hydrogens (primary N) is 1. The van der Waals surface area contributed by atoms with Crippen LogP contribution in [0.4, 0.5) is 0 Å². The Balaban J connectivity index is 1.55. The van der Waals surface area contributed by atoms with Crippen molar-refractivity contribution in [3.63, 3.8) is 0 Å². The summed E-state index contributed by atoms with van der Waals surface area (Å²) in [5.41, 5.74) is 10.7. The number of benzene rings is 3. The molecule has 3 aromatic rings. The van der Waals surface area contributed by atoms with E-state index in [1.165, 1.54) is 11.1 Å². The highest BCUT2D eigenvalue weighted by atomic mass is 16.2. The van der Waals surface area contributed by atoms with E-state index in [-0.39, 0.29) is 11.9 Å². The molecule has 1 saturated heterocycles. The molecule has 178 valence electrons. The van der Waals surface area contributed by atoms with E-state index in [1.807, 2.05) is 31.2 Å². The molecule has 0 spiro atoms. The summed E-state index contributed by atoms with van der Waals surface area (Å²) < 4.78 is 0. The van der Waals surface area contributed by atoms with E-state index in [2.05, 4.69) is 82.7 Å². The fourth-order valence-electron chi connectivity index (χ4n) is 5.12. The molecule has 5 heteroatoms. The number of carbonyl (C=O) groups is 1. The SMILES string of the molecule is CNC(=O)C(C)(c1ccc(C)cc1)C(N)N1CCN(C(c2ccccc2)c2ccccc2)CC1. The largest absolute Gasteiger partial charge is 0.358 e. The highest BCUT2D eigenvalue weighted by Gasteiger charge is 2.44. The van der Waals surface area contributed by atoms with Gasteiger partial charge in [-0.2, -0.15) is 0 Å².